The van der Waals surface area contributed by atoms with E-state index in [2.05, 4.69) is 55.5 Å². The summed E-state index contributed by atoms with van der Waals surface area (Å²) in [5.74, 6) is 0. The molecule has 2 heteroatoms. The summed E-state index contributed by atoms with van der Waals surface area (Å²) in [6, 6.07) is 18.9. The molecule has 0 saturated carbocycles. The summed E-state index contributed by atoms with van der Waals surface area (Å²) < 4.78 is 0. The fourth-order valence-electron chi connectivity index (χ4n) is 1.72. The second-order valence-corrected chi connectivity index (χ2v) is 5.08. The lowest BCUT2D eigenvalue weighted by molar-refractivity contribution is 0.685. The average Bonchev–Trinajstić information content (AvgIpc) is 2.40. The van der Waals surface area contributed by atoms with Gasteiger partial charge in [-0.1, -0.05) is 55.1 Å². The van der Waals surface area contributed by atoms with Crippen LogP contribution in [0, 0.1) is 0 Å². The van der Waals surface area contributed by atoms with E-state index in [0.717, 1.165) is 6.42 Å². The van der Waals surface area contributed by atoms with Gasteiger partial charge in [0, 0.05) is 15.8 Å². The Bertz CT molecular complexity index is 467. The van der Waals surface area contributed by atoms with Crippen molar-refractivity contribution in [1.82, 2.24) is 0 Å². The van der Waals surface area contributed by atoms with Gasteiger partial charge in [0.15, 0.2) is 0 Å². The lowest BCUT2D eigenvalue weighted by Gasteiger charge is -2.14. The molecule has 0 saturated heterocycles. The van der Waals surface area contributed by atoms with Crippen molar-refractivity contribution < 1.29 is 0 Å². The maximum atomic E-state index is 6.14. The number of hydrogen-bond donors (Lipinski definition) is 1. The number of hydrogen-bond acceptors (Lipinski definition) is 2. The first-order chi connectivity index (χ1) is 8.31. The van der Waals surface area contributed by atoms with Gasteiger partial charge >= 0.3 is 0 Å². The molecule has 0 aliphatic carbocycles. The Morgan fingerprint density at radius 2 is 1.65 bits per heavy atom. The minimum atomic E-state index is 0.127. The highest BCUT2D eigenvalue weighted by molar-refractivity contribution is 7.99. The second kappa shape index (κ2) is 5.89. The minimum Gasteiger partial charge on any atom is -0.324 e. The molecular weight excluding hydrogens is 226 g/mol. The van der Waals surface area contributed by atoms with Gasteiger partial charge in [-0.05, 0) is 30.2 Å². The van der Waals surface area contributed by atoms with Gasteiger partial charge in [-0.2, -0.15) is 0 Å². The molecular formula is C15H17NS. The van der Waals surface area contributed by atoms with Crippen molar-refractivity contribution in [2.24, 2.45) is 5.73 Å². The molecule has 0 aliphatic rings. The minimum absolute atomic E-state index is 0.127. The first-order valence-corrected chi connectivity index (χ1v) is 6.70. The first kappa shape index (κ1) is 12.2. The van der Waals surface area contributed by atoms with Crippen LogP contribution in [0.5, 0.6) is 0 Å². The van der Waals surface area contributed by atoms with Crippen LogP contribution >= 0.6 is 11.8 Å². The number of nitrogens with two attached hydrogens (primary N) is 1. The van der Waals surface area contributed by atoms with Crippen molar-refractivity contribution in [3.8, 4) is 0 Å². The Hall–Kier alpha value is -1.25. The van der Waals surface area contributed by atoms with E-state index < -0.39 is 0 Å². The molecule has 2 aromatic carbocycles. The summed E-state index contributed by atoms with van der Waals surface area (Å²) in [6.45, 7) is 2.12. The Labute approximate surface area is 107 Å². The maximum Gasteiger partial charge on any atom is 0.0303 e. The van der Waals surface area contributed by atoms with Gasteiger partial charge in [-0.15, -0.1) is 0 Å². The second-order valence-electron chi connectivity index (χ2n) is 3.97. The zero-order valence-electron chi connectivity index (χ0n) is 9.97. The molecule has 17 heavy (non-hydrogen) atoms. The molecule has 88 valence electrons. The Kier molecular flexibility index (Phi) is 4.24. The zero-order valence-corrected chi connectivity index (χ0v) is 10.8. The maximum absolute atomic E-state index is 6.14. The predicted octanol–water partition coefficient (Wildman–Crippen LogP) is 4.25. The molecule has 0 amide bonds. The van der Waals surface area contributed by atoms with Crippen molar-refractivity contribution in [2.75, 3.05) is 0 Å². The molecule has 0 bridgehead atoms. The topological polar surface area (TPSA) is 26.0 Å². The molecule has 2 N–H and O–H groups in total. The van der Waals surface area contributed by atoms with E-state index in [9.17, 15) is 0 Å². The van der Waals surface area contributed by atoms with Crippen molar-refractivity contribution in [1.29, 1.82) is 0 Å². The lowest BCUT2D eigenvalue weighted by Crippen LogP contribution is -2.09. The average molecular weight is 243 g/mol. The predicted molar refractivity (Wildman–Crippen MR) is 74.2 cm³/mol. The van der Waals surface area contributed by atoms with Gasteiger partial charge in [0.2, 0.25) is 0 Å². The smallest absolute Gasteiger partial charge is 0.0303 e. The third-order valence-electron chi connectivity index (χ3n) is 2.73. The van der Waals surface area contributed by atoms with Crippen molar-refractivity contribution in [2.45, 2.75) is 29.2 Å². The quantitative estimate of drug-likeness (QED) is 0.868. The van der Waals surface area contributed by atoms with Crippen LogP contribution in [0.25, 0.3) is 0 Å². The molecule has 2 rings (SSSR count). The summed E-state index contributed by atoms with van der Waals surface area (Å²) in [6.07, 6.45) is 0.965. The molecule has 0 fully saturated rings. The van der Waals surface area contributed by atoms with Gasteiger partial charge in [0.25, 0.3) is 0 Å². The fraction of sp³-hybridized carbons (Fsp3) is 0.200. The normalized spacial score (nSPS) is 12.4. The summed E-state index contributed by atoms with van der Waals surface area (Å²) in [7, 11) is 0. The van der Waals surface area contributed by atoms with E-state index in [1.807, 2.05) is 6.07 Å². The molecule has 0 radical (unpaired) electrons. The Morgan fingerprint density at radius 3 is 2.35 bits per heavy atom. The molecule has 1 atom stereocenters. The molecule has 0 spiro atoms. The molecule has 1 unspecified atom stereocenters. The summed E-state index contributed by atoms with van der Waals surface area (Å²) in [5, 5.41) is 0. The van der Waals surface area contributed by atoms with E-state index in [1.165, 1.54) is 15.4 Å². The van der Waals surface area contributed by atoms with Crippen LogP contribution < -0.4 is 5.73 Å². The lowest BCUT2D eigenvalue weighted by atomic mass is 10.1. The summed E-state index contributed by atoms with van der Waals surface area (Å²) >= 11 is 1.78. The van der Waals surface area contributed by atoms with Crippen LogP contribution in [-0.2, 0) is 0 Å². The third-order valence-corrected chi connectivity index (χ3v) is 3.83. The third kappa shape index (κ3) is 3.11. The van der Waals surface area contributed by atoms with Gasteiger partial charge in [0.1, 0.15) is 0 Å². The van der Waals surface area contributed by atoms with Gasteiger partial charge in [-0.25, -0.2) is 0 Å². The van der Waals surface area contributed by atoms with E-state index >= 15 is 0 Å². The van der Waals surface area contributed by atoms with Crippen molar-refractivity contribution >= 4 is 11.8 Å². The van der Waals surface area contributed by atoms with Gasteiger partial charge in [0.05, 0.1) is 0 Å². The zero-order chi connectivity index (χ0) is 12.1. The van der Waals surface area contributed by atoms with Crippen LogP contribution in [0.15, 0.2) is 64.4 Å². The van der Waals surface area contributed by atoms with E-state index in [1.54, 1.807) is 11.8 Å². The highest BCUT2D eigenvalue weighted by Gasteiger charge is 2.09. The number of benzene rings is 2. The summed E-state index contributed by atoms with van der Waals surface area (Å²) in [4.78, 5) is 2.51. The molecule has 0 aliphatic heterocycles. The van der Waals surface area contributed by atoms with Crippen LogP contribution in [0.2, 0.25) is 0 Å². The Balaban J connectivity index is 2.27. The molecule has 1 nitrogen and oxygen atoms in total. The molecule has 0 aromatic heterocycles. The largest absolute Gasteiger partial charge is 0.324 e. The monoisotopic (exact) mass is 243 g/mol. The number of rotatable bonds is 4. The van der Waals surface area contributed by atoms with Crippen molar-refractivity contribution in [3.05, 3.63) is 60.2 Å². The molecule has 0 heterocycles. The SMILES string of the molecule is CCC(N)c1ccccc1Sc1ccccc1. The van der Waals surface area contributed by atoms with Crippen LogP contribution in [0.3, 0.4) is 0 Å². The summed E-state index contributed by atoms with van der Waals surface area (Å²) in [5.41, 5.74) is 7.38. The van der Waals surface area contributed by atoms with Crippen LogP contribution in [-0.4, -0.2) is 0 Å². The molecule has 2 aromatic rings. The highest BCUT2D eigenvalue weighted by Crippen LogP contribution is 2.33. The van der Waals surface area contributed by atoms with E-state index in [0.29, 0.717) is 0 Å². The van der Waals surface area contributed by atoms with Gasteiger partial charge < -0.3 is 5.73 Å². The van der Waals surface area contributed by atoms with Crippen LogP contribution in [0.4, 0.5) is 0 Å². The van der Waals surface area contributed by atoms with E-state index in [-0.39, 0.29) is 6.04 Å². The highest BCUT2D eigenvalue weighted by atomic mass is 32.2. The standard InChI is InChI=1S/C15H17NS/c1-2-14(16)13-10-6-7-11-15(13)17-12-8-4-3-5-9-12/h3-11,14H,2,16H2,1H3. The van der Waals surface area contributed by atoms with Gasteiger partial charge in [-0.3, -0.25) is 0 Å². The fourth-order valence-corrected chi connectivity index (χ4v) is 2.75. The first-order valence-electron chi connectivity index (χ1n) is 5.88. The Morgan fingerprint density at radius 1 is 1.00 bits per heavy atom. The van der Waals surface area contributed by atoms with Crippen LogP contribution in [0.1, 0.15) is 24.9 Å². The van der Waals surface area contributed by atoms with Crippen molar-refractivity contribution in [3.63, 3.8) is 0 Å². The van der Waals surface area contributed by atoms with E-state index in [4.69, 9.17) is 5.73 Å².